The maximum atomic E-state index is 12.9. The maximum Gasteiger partial charge on any atom is 0.332 e. The highest BCUT2D eigenvalue weighted by molar-refractivity contribution is 7.99. The summed E-state index contributed by atoms with van der Waals surface area (Å²) >= 11 is 1.59. The third-order valence-electron chi connectivity index (χ3n) is 6.25. The summed E-state index contributed by atoms with van der Waals surface area (Å²) in [5, 5.41) is 9.69. The first-order valence-electron chi connectivity index (χ1n) is 11.9. The molecule has 0 saturated carbocycles. The third-order valence-corrected chi connectivity index (χ3v) is 7.30. The predicted molar refractivity (Wildman–Crippen MR) is 140 cm³/mol. The average molecular weight is 497 g/mol. The van der Waals surface area contributed by atoms with Crippen LogP contribution in [-0.2, 0) is 27.2 Å². The number of thioether (sulfide) groups is 1. The van der Waals surface area contributed by atoms with E-state index in [9.17, 15) is 9.59 Å². The van der Waals surface area contributed by atoms with Crippen molar-refractivity contribution in [2.24, 2.45) is 14.1 Å². The highest BCUT2D eigenvalue weighted by Gasteiger charge is 2.16. The zero-order valence-corrected chi connectivity index (χ0v) is 21.7. The van der Waals surface area contributed by atoms with Crippen molar-refractivity contribution >= 4 is 28.6 Å². The van der Waals surface area contributed by atoms with E-state index in [4.69, 9.17) is 0 Å². The van der Waals surface area contributed by atoms with Crippen LogP contribution < -0.4 is 16.1 Å². The molecule has 0 atom stereocenters. The number of aromatic nitrogens is 7. The molecule has 0 unspecified atom stereocenters. The zero-order valence-electron chi connectivity index (χ0n) is 20.9. The summed E-state index contributed by atoms with van der Waals surface area (Å²) in [7, 11) is 3.40. The van der Waals surface area contributed by atoms with Gasteiger partial charge in [0.15, 0.2) is 22.1 Å². The first-order valence-corrected chi connectivity index (χ1v) is 12.9. The van der Waals surface area contributed by atoms with Crippen molar-refractivity contribution in [3.8, 4) is 11.4 Å². The average Bonchev–Trinajstić information content (AvgIpc) is 3.46. The molecule has 0 saturated heterocycles. The van der Waals surface area contributed by atoms with Gasteiger partial charge in [-0.1, -0.05) is 11.8 Å². The van der Waals surface area contributed by atoms with E-state index in [0.717, 1.165) is 36.2 Å². The highest BCUT2D eigenvalue weighted by atomic mass is 32.2. The number of hydrogen-bond acceptors (Lipinski definition) is 7. The van der Waals surface area contributed by atoms with Gasteiger partial charge in [-0.3, -0.25) is 13.9 Å². The quantitative estimate of drug-likeness (QED) is 0.246. The number of rotatable bonds is 10. The van der Waals surface area contributed by atoms with Gasteiger partial charge in [-0.25, -0.2) is 9.78 Å². The van der Waals surface area contributed by atoms with E-state index in [1.54, 1.807) is 36.8 Å². The lowest BCUT2D eigenvalue weighted by Crippen LogP contribution is -2.39. The van der Waals surface area contributed by atoms with Crippen LogP contribution in [0.1, 0.15) is 27.2 Å². The topological polar surface area (TPSA) is 95.8 Å². The Hall–Kier alpha value is -3.34. The van der Waals surface area contributed by atoms with E-state index >= 15 is 0 Å². The number of aryl methyl sites for hydroxylation is 2. The molecule has 35 heavy (non-hydrogen) atoms. The van der Waals surface area contributed by atoms with Gasteiger partial charge < -0.3 is 14.0 Å². The number of anilines is 1. The van der Waals surface area contributed by atoms with Crippen molar-refractivity contribution in [3.63, 3.8) is 0 Å². The van der Waals surface area contributed by atoms with Crippen LogP contribution >= 0.6 is 11.8 Å². The molecule has 0 aliphatic carbocycles. The van der Waals surface area contributed by atoms with Gasteiger partial charge in [0.1, 0.15) is 0 Å². The third kappa shape index (κ3) is 4.64. The lowest BCUT2D eigenvalue weighted by Gasteiger charge is -2.21. The molecule has 10 nitrogen and oxygen atoms in total. The molecule has 0 spiro atoms. The Morgan fingerprint density at radius 1 is 0.971 bits per heavy atom. The molecule has 0 radical (unpaired) electrons. The molecule has 3 aromatic heterocycles. The summed E-state index contributed by atoms with van der Waals surface area (Å²) in [5.41, 5.74) is 2.41. The molecule has 0 amide bonds. The Balaban J connectivity index is 1.46. The fourth-order valence-electron chi connectivity index (χ4n) is 4.28. The van der Waals surface area contributed by atoms with Gasteiger partial charge in [0.25, 0.3) is 5.56 Å². The zero-order chi connectivity index (χ0) is 25.1. The van der Waals surface area contributed by atoms with Gasteiger partial charge in [0.2, 0.25) is 0 Å². The van der Waals surface area contributed by atoms with Crippen molar-refractivity contribution in [3.05, 3.63) is 51.4 Å². The minimum atomic E-state index is -0.349. The van der Waals surface area contributed by atoms with Crippen LogP contribution in [0.4, 0.5) is 5.69 Å². The van der Waals surface area contributed by atoms with Crippen LogP contribution in [0, 0.1) is 0 Å². The molecule has 0 aliphatic rings. The summed E-state index contributed by atoms with van der Waals surface area (Å²) in [4.78, 5) is 32.0. The van der Waals surface area contributed by atoms with Crippen LogP contribution in [0.15, 0.2) is 45.3 Å². The summed E-state index contributed by atoms with van der Waals surface area (Å²) in [6, 6.07) is 8.44. The van der Waals surface area contributed by atoms with Crippen LogP contribution in [0.5, 0.6) is 0 Å². The van der Waals surface area contributed by atoms with Crippen LogP contribution in [0.3, 0.4) is 0 Å². The number of fused-ring (bicyclic) bond motifs is 1. The van der Waals surface area contributed by atoms with Crippen molar-refractivity contribution in [2.75, 3.05) is 23.7 Å². The minimum Gasteiger partial charge on any atom is -0.372 e. The van der Waals surface area contributed by atoms with Gasteiger partial charge in [0, 0.05) is 57.3 Å². The van der Waals surface area contributed by atoms with Crippen LogP contribution in [0.25, 0.3) is 22.6 Å². The molecule has 4 aromatic rings. The van der Waals surface area contributed by atoms with E-state index in [-0.39, 0.29) is 11.2 Å². The molecule has 1 aromatic carbocycles. The van der Waals surface area contributed by atoms with E-state index in [0.29, 0.717) is 29.9 Å². The Morgan fingerprint density at radius 3 is 2.34 bits per heavy atom. The molecule has 186 valence electrons. The SMILES string of the molecule is CCN(CC)c1ccc(-c2nnc(SCCCn3c(=O)c4c(ncn4C)n(C)c3=O)n2CC)cc1. The number of imidazole rings is 1. The Bertz CT molecular complexity index is 1430. The van der Waals surface area contributed by atoms with Gasteiger partial charge >= 0.3 is 5.69 Å². The number of benzene rings is 1. The van der Waals surface area contributed by atoms with E-state index in [1.165, 1.54) is 14.8 Å². The fourth-order valence-corrected chi connectivity index (χ4v) is 5.21. The Labute approximate surface area is 208 Å². The fraction of sp³-hybridized carbons (Fsp3) is 0.458. The normalized spacial score (nSPS) is 11.5. The molecular weight excluding hydrogens is 464 g/mol. The molecule has 11 heteroatoms. The molecule has 4 rings (SSSR count). The second-order valence-corrected chi connectivity index (χ2v) is 9.36. The molecule has 0 fully saturated rings. The maximum absolute atomic E-state index is 12.9. The van der Waals surface area contributed by atoms with Crippen LogP contribution in [0.2, 0.25) is 0 Å². The molecular formula is C24H32N8O2S. The van der Waals surface area contributed by atoms with Gasteiger partial charge in [0.05, 0.1) is 6.33 Å². The minimum absolute atomic E-state index is 0.305. The summed E-state index contributed by atoms with van der Waals surface area (Å²) in [6.07, 6.45) is 2.20. The first kappa shape index (κ1) is 24.8. The molecule has 0 N–H and O–H groups in total. The van der Waals surface area contributed by atoms with E-state index < -0.39 is 0 Å². The van der Waals surface area contributed by atoms with E-state index in [2.05, 4.69) is 69.7 Å². The number of nitrogens with zero attached hydrogens (tertiary/aromatic N) is 8. The second kappa shape index (κ2) is 10.5. The number of hydrogen-bond donors (Lipinski definition) is 0. The Kier molecular flexibility index (Phi) is 7.44. The van der Waals surface area contributed by atoms with Crippen molar-refractivity contribution in [1.82, 2.24) is 33.4 Å². The van der Waals surface area contributed by atoms with Crippen molar-refractivity contribution in [2.45, 2.75) is 45.4 Å². The lowest BCUT2D eigenvalue weighted by atomic mass is 10.2. The van der Waals surface area contributed by atoms with Crippen molar-refractivity contribution < 1.29 is 0 Å². The van der Waals surface area contributed by atoms with Gasteiger partial charge in [-0.2, -0.15) is 0 Å². The highest BCUT2D eigenvalue weighted by Crippen LogP contribution is 2.26. The predicted octanol–water partition coefficient (Wildman–Crippen LogP) is 2.74. The standard InChI is InChI=1S/C24H32N8O2S/c1-6-30(7-2)18-12-10-17(11-13-18)20-26-27-23(31(20)8-3)35-15-9-14-32-22(33)19-21(25-16-28(19)4)29(5)24(32)34/h10-13,16H,6-9,14-15H2,1-5H3. The largest absolute Gasteiger partial charge is 0.372 e. The van der Waals surface area contributed by atoms with Crippen LogP contribution in [-0.4, -0.2) is 52.3 Å². The van der Waals surface area contributed by atoms with E-state index in [1.807, 2.05) is 0 Å². The van der Waals surface area contributed by atoms with Crippen molar-refractivity contribution in [1.29, 1.82) is 0 Å². The molecule has 3 heterocycles. The second-order valence-electron chi connectivity index (χ2n) is 8.30. The first-order chi connectivity index (χ1) is 16.9. The smallest absolute Gasteiger partial charge is 0.332 e. The summed E-state index contributed by atoms with van der Waals surface area (Å²) in [6.45, 7) is 9.40. The Morgan fingerprint density at radius 2 is 1.69 bits per heavy atom. The monoisotopic (exact) mass is 496 g/mol. The molecule has 0 aliphatic heterocycles. The van der Waals surface area contributed by atoms with Gasteiger partial charge in [-0.15, -0.1) is 10.2 Å². The van der Waals surface area contributed by atoms with Gasteiger partial charge in [-0.05, 0) is 51.5 Å². The molecule has 0 bridgehead atoms. The lowest BCUT2D eigenvalue weighted by molar-refractivity contribution is 0.593. The summed E-state index contributed by atoms with van der Waals surface area (Å²) < 4.78 is 6.47. The summed E-state index contributed by atoms with van der Waals surface area (Å²) in [5.74, 6) is 1.55.